The lowest BCUT2D eigenvalue weighted by molar-refractivity contribution is -0.132. The Morgan fingerprint density at radius 2 is 1.74 bits per heavy atom. The van der Waals surface area contributed by atoms with Crippen LogP contribution in [0.15, 0.2) is 18.2 Å². The average Bonchev–Trinajstić information content (AvgIpc) is 2.60. The van der Waals surface area contributed by atoms with Gasteiger partial charge in [0.2, 0.25) is 0 Å². The molecule has 23 heavy (non-hydrogen) atoms. The van der Waals surface area contributed by atoms with Crippen molar-refractivity contribution < 1.29 is 14.7 Å². The van der Waals surface area contributed by atoms with Gasteiger partial charge in [-0.3, -0.25) is 9.69 Å². The fourth-order valence-electron chi connectivity index (χ4n) is 3.35. The topological polar surface area (TPSA) is 69.6 Å². The lowest BCUT2D eigenvalue weighted by atomic mass is 9.91. The molecule has 0 spiro atoms. The van der Waals surface area contributed by atoms with Crippen molar-refractivity contribution in [2.45, 2.75) is 52.7 Å². The van der Waals surface area contributed by atoms with Crippen LogP contribution < -0.4 is 5.32 Å². The monoisotopic (exact) mass is 318 g/mol. The summed E-state index contributed by atoms with van der Waals surface area (Å²) in [5, 5.41) is 13.2. The maximum Gasteiger partial charge on any atom is 0.325 e. The maximum atomic E-state index is 12.6. The summed E-state index contributed by atoms with van der Waals surface area (Å²) in [5.41, 5.74) is 1.93. The Hall–Kier alpha value is -1.88. The van der Waals surface area contributed by atoms with Gasteiger partial charge in [0.15, 0.2) is 0 Å². The molecule has 126 valence electrons. The maximum absolute atomic E-state index is 12.6. The second kappa shape index (κ2) is 6.32. The Labute approximate surface area is 137 Å². The van der Waals surface area contributed by atoms with E-state index in [4.69, 9.17) is 0 Å². The van der Waals surface area contributed by atoms with E-state index in [9.17, 15) is 14.7 Å². The van der Waals surface area contributed by atoms with Gasteiger partial charge in [-0.25, -0.2) is 4.79 Å². The lowest BCUT2D eigenvalue weighted by Crippen LogP contribution is -2.45. The number of imide groups is 1. The molecule has 0 saturated carbocycles. The fourth-order valence-corrected chi connectivity index (χ4v) is 3.35. The summed E-state index contributed by atoms with van der Waals surface area (Å²) in [6.45, 7) is 9.65. The molecular weight excluding hydrogens is 292 g/mol. The summed E-state index contributed by atoms with van der Waals surface area (Å²) in [6, 6.07) is 5.35. The van der Waals surface area contributed by atoms with Crippen molar-refractivity contribution in [3.63, 3.8) is 0 Å². The van der Waals surface area contributed by atoms with Crippen molar-refractivity contribution in [3.05, 3.63) is 34.9 Å². The van der Waals surface area contributed by atoms with Gasteiger partial charge in [0.05, 0.1) is 12.6 Å². The minimum Gasteiger partial charge on any atom is -0.387 e. The fraction of sp³-hybridized carbons (Fsp3) is 0.556. The third kappa shape index (κ3) is 3.72. The van der Waals surface area contributed by atoms with Crippen LogP contribution in [0.2, 0.25) is 0 Å². The van der Waals surface area contributed by atoms with Crippen LogP contribution in [-0.4, -0.2) is 34.0 Å². The van der Waals surface area contributed by atoms with Gasteiger partial charge in [0.25, 0.3) is 5.91 Å². The van der Waals surface area contributed by atoms with Crippen LogP contribution >= 0.6 is 0 Å². The second-order valence-electron chi connectivity index (χ2n) is 7.21. The van der Waals surface area contributed by atoms with Crippen molar-refractivity contribution in [2.24, 2.45) is 5.92 Å². The molecule has 2 unspecified atom stereocenters. The van der Waals surface area contributed by atoms with E-state index >= 15 is 0 Å². The van der Waals surface area contributed by atoms with Crippen molar-refractivity contribution in [1.29, 1.82) is 0 Å². The number of aliphatic hydroxyl groups excluding tert-OH is 1. The standard InChI is InChI=1S/C18H26N2O3/c1-11(2)9-18(5)16(22)20(17(23)19-18)10-15(21)14-7-12(3)6-13(4)8-14/h6-8,11,15,21H,9-10H2,1-5H3,(H,19,23). The first-order valence-corrected chi connectivity index (χ1v) is 8.03. The SMILES string of the molecule is Cc1cc(C)cc(C(O)CN2C(=O)NC(C)(CC(C)C)C2=O)c1. The normalized spacial score (nSPS) is 22.7. The first kappa shape index (κ1) is 17.5. The molecule has 3 amide bonds. The second-order valence-corrected chi connectivity index (χ2v) is 7.21. The van der Waals surface area contributed by atoms with Crippen LogP contribution in [0.25, 0.3) is 0 Å². The quantitative estimate of drug-likeness (QED) is 0.820. The first-order chi connectivity index (χ1) is 10.6. The van der Waals surface area contributed by atoms with Crippen molar-refractivity contribution in [1.82, 2.24) is 10.2 Å². The van der Waals surface area contributed by atoms with Gasteiger partial charge < -0.3 is 10.4 Å². The molecule has 0 aliphatic carbocycles. The van der Waals surface area contributed by atoms with Crippen LogP contribution in [0.1, 0.15) is 50.0 Å². The van der Waals surface area contributed by atoms with Gasteiger partial charge in [-0.1, -0.05) is 43.2 Å². The van der Waals surface area contributed by atoms with Crippen LogP contribution in [0.3, 0.4) is 0 Å². The number of carbonyl (C=O) groups excluding carboxylic acids is 2. The Balaban J connectivity index is 2.16. The molecule has 0 radical (unpaired) electrons. The lowest BCUT2D eigenvalue weighted by Gasteiger charge is -2.24. The zero-order valence-electron chi connectivity index (χ0n) is 14.5. The highest BCUT2D eigenvalue weighted by Gasteiger charge is 2.48. The van der Waals surface area contributed by atoms with Crippen molar-refractivity contribution >= 4 is 11.9 Å². The van der Waals surface area contributed by atoms with E-state index in [1.54, 1.807) is 6.92 Å². The van der Waals surface area contributed by atoms with Crippen LogP contribution in [0, 0.1) is 19.8 Å². The molecule has 2 N–H and O–H groups in total. The predicted molar refractivity (Wildman–Crippen MR) is 89.0 cm³/mol. The zero-order valence-corrected chi connectivity index (χ0v) is 14.5. The third-order valence-electron chi connectivity index (χ3n) is 4.15. The number of hydrogen-bond acceptors (Lipinski definition) is 3. The highest BCUT2D eigenvalue weighted by molar-refractivity contribution is 6.06. The number of rotatable bonds is 5. The molecule has 1 aliphatic heterocycles. The number of aryl methyl sites for hydroxylation is 2. The minimum atomic E-state index is -0.885. The number of hydrogen-bond donors (Lipinski definition) is 2. The van der Waals surface area contributed by atoms with E-state index in [-0.39, 0.29) is 18.4 Å². The molecule has 5 nitrogen and oxygen atoms in total. The number of carbonyl (C=O) groups is 2. The van der Waals surface area contributed by atoms with Gasteiger partial charge in [-0.2, -0.15) is 0 Å². The summed E-state index contributed by atoms with van der Waals surface area (Å²) < 4.78 is 0. The molecule has 2 atom stereocenters. The molecule has 1 saturated heterocycles. The van der Waals surface area contributed by atoms with E-state index in [2.05, 4.69) is 5.32 Å². The highest BCUT2D eigenvalue weighted by Crippen LogP contribution is 2.27. The van der Waals surface area contributed by atoms with Gasteiger partial charge >= 0.3 is 6.03 Å². The Morgan fingerprint density at radius 1 is 1.17 bits per heavy atom. The van der Waals surface area contributed by atoms with E-state index in [1.807, 2.05) is 45.9 Å². The van der Waals surface area contributed by atoms with Gasteiger partial charge in [0, 0.05) is 0 Å². The molecule has 1 fully saturated rings. The Kier molecular flexibility index (Phi) is 4.80. The first-order valence-electron chi connectivity index (χ1n) is 8.03. The molecule has 0 aromatic heterocycles. The molecule has 2 rings (SSSR count). The molecule has 1 aromatic carbocycles. The number of aliphatic hydroxyl groups is 1. The molecule has 1 heterocycles. The highest BCUT2D eigenvalue weighted by atomic mass is 16.3. The number of urea groups is 1. The molecule has 1 aromatic rings. The number of amides is 3. The van der Waals surface area contributed by atoms with Gasteiger partial charge in [0.1, 0.15) is 5.54 Å². The molecule has 0 bridgehead atoms. The molecule has 1 aliphatic rings. The van der Waals surface area contributed by atoms with E-state index < -0.39 is 17.7 Å². The Morgan fingerprint density at radius 3 is 2.26 bits per heavy atom. The summed E-state index contributed by atoms with van der Waals surface area (Å²) in [4.78, 5) is 25.9. The summed E-state index contributed by atoms with van der Waals surface area (Å²) in [5.74, 6) is 0.0215. The van der Waals surface area contributed by atoms with E-state index in [0.717, 1.165) is 21.6 Å². The summed E-state index contributed by atoms with van der Waals surface area (Å²) in [6.07, 6.45) is -0.307. The van der Waals surface area contributed by atoms with Gasteiger partial charge in [-0.05, 0) is 38.7 Å². The van der Waals surface area contributed by atoms with Crippen LogP contribution in [-0.2, 0) is 4.79 Å². The zero-order chi connectivity index (χ0) is 17.4. The van der Waals surface area contributed by atoms with Crippen molar-refractivity contribution in [2.75, 3.05) is 6.54 Å². The third-order valence-corrected chi connectivity index (χ3v) is 4.15. The average molecular weight is 318 g/mol. The number of benzene rings is 1. The molecule has 5 heteroatoms. The van der Waals surface area contributed by atoms with E-state index in [1.165, 1.54) is 0 Å². The summed E-state index contributed by atoms with van der Waals surface area (Å²) >= 11 is 0. The minimum absolute atomic E-state index is 0.0265. The molecular formula is C18H26N2O3. The smallest absolute Gasteiger partial charge is 0.325 e. The van der Waals surface area contributed by atoms with E-state index in [0.29, 0.717) is 6.42 Å². The van der Waals surface area contributed by atoms with Crippen LogP contribution in [0.4, 0.5) is 4.79 Å². The number of β-amino-alcohol motifs (C(OH)–C–C–N with tert-alkyl or cyclic N) is 1. The predicted octanol–water partition coefficient (Wildman–Crippen LogP) is 2.69. The number of nitrogens with zero attached hydrogens (tertiary/aromatic N) is 1. The van der Waals surface area contributed by atoms with Crippen molar-refractivity contribution in [3.8, 4) is 0 Å². The Bertz CT molecular complexity index is 606. The van der Waals surface area contributed by atoms with Crippen LogP contribution in [0.5, 0.6) is 0 Å². The van der Waals surface area contributed by atoms with Gasteiger partial charge in [-0.15, -0.1) is 0 Å². The number of nitrogens with one attached hydrogen (secondary N) is 1. The summed E-state index contributed by atoms with van der Waals surface area (Å²) in [7, 11) is 0. The largest absolute Gasteiger partial charge is 0.387 e.